The number of β-lactam (4-membered cyclic amide) rings is 1. The maximum absolute atomic E-state index is 13.2. The number of nitro groups is 2. The average Bonchev–Trinajstić information content (AvgIpc) is 3.30. The van der Waals surface area contributed by atoms with E-state index in [1.54, 1.807) is 0 Å². The number of alkyl carbamates (subject to hydrolysis) is 1. The van der Waals surface area contributed by atoms with E-state index >= 15 is 0 Å². The molecular weight excluding hydrogens is 640 g/mol. The summed E-state index contributed by atoms with van der Waals surface area (Å²) in [6.07, 6.45) is -1.83. The highest BCUT2D eigenvalue weighted by Gasteiger charge is 2.58. The number of carbonyl (C=O) groups is 3. The minimum absolute atomic E-state index is 0.0621. The van der Waals surface area contributed by atoms with Crippen molar-refractivity contribution in [2.45, 2.75) is 38.7 Å². The molecule has 2 aliphatic heterocycles. The number of carbonyl (C=O) groups excluding carboxylic acids is 3. The molecule has 0 aromatic heterocycles. The SMILES string of the molecule is C[C@H](OS(=O)(=O)O)[C@@H]1C(=O)N2C(C(=O)OCc3ccc([N+](=O)[O-])cc3)=C(SCCNC(=O)OCc3ccc([N+](=O)[O-])cc3)C[C@H]12. The molecule has 0 saturated carbocycles. The Kier molecular flexibility index (Phi) is 10.4. The first kappa shape index (κ1) is 33.3. The van der Waals surface area contributed by atoms with Crippen molar-refractivity contribution in [1.82, 2.24) is 10.2 Å². The van der Waals surface area contributed by atoms with Crippen molar-refractivity contribution in [3.05, 3.63) is 90.5 Å². The van der Waals surface area contributed by atoms with Crippen molar-refractivity contribution in [3.8, 4) is 0 Å². The Bertz CT molecular complexity index is 1630. The van der Waals surface area contributed by atoms with E-state index < -0.39 is 56.3 Å². The minimum atomic E-state index is -4.84. The van der Waals surface area contributed by atoms with Gasteiger partial charge in [0, 0.05) is 47.9 Å². The molecule has 4 rings (SSSR count). The van der Waals surface area contributed by atoms with Crippen LogP contribution in [0.1, 0.15) is 24.5 Å². The van der Waals surface area contributed by atoms with Crippen molar-refractivity contribution in [1.29, 1.82) is 0 Å². The molecular formula is C26H26N4O13S2. The van der Waals surface area contributed by atoms with E-state index in [4.69, 9.17) is 14.0 Å². The number of nitrogens with one attached hydrogen (secondary N) is 1. The van der Waals surface area contributed by atoms with Crippen LogP contribution in [0.5, 0.6) is 0 Å². The fraction of sp³-hybridized carbons (Fsp3) is 0.346. The first-order chi connectivity index (χ1) is 21.2. The molecule has 17 nitrogen and oxygen atoms in total. The van der Waals surface area contributed by atoms with Crippen LogP contribution < -0.4 is 5.32 Å². The number of non-ortho nitro benzene ring substituents is 2. The first-order valence-electron chi connectivity index (χ1n) is 13.1. The highest BCUT2D eigenvalue weighted by atomic mass is 32.3. The Labute approximate surface area is 259 Å². The van der Waals surface area contributed by atoms with E-state index in [1.165, 1.54) is 60.4 Å². The third-order valence-corrected chi connectivity index (χ3v) is 8.49. The van der Waals surface area contributed by atoms with Crippen molar-refractivity contribution >= 4 is 51.5 Å². The number of ether oxygens (including phenoxy) is 2. The number of hydrogen-bond donors (Lipinski definition) is 2. The first-order valence-corrected chi connectivity index (χ1v) is 15.5. The molecule has 240 valence electrons. The van der Waals surface area contributed by atoms with Crippen LogP contribution in [0, 0.1) is 26.1 Å². The predicted octanol–water partition coefficient (Wildman–Crippen LogP) is 2.86. The van der Waals surface area contributed by atoms with Crippen molar-refractivity contribution in [3.63, 3.8) is 0 Å². The number of esters is 1. The number of rotatable bonds is 14. The van der Waals surface area contributed by atoms with E-state index in [0.717, 1.165) is 11.8 Å². The van der Waals surface area contributed by atoms with Crippen molar-refractivity contribution in [2.75, 3.05) is 12.3 Å². The number of hydrogen-bond acceptors (Lipinski definition) is 13. The largest absolute Gasteiger partial charge is 0.456 e. The summed E-state index contributed by atoms with van der Waals surface area (Å²) in [5, 5.41) is 24.2. The quantitative estimate of drug-likeness (QED) is 0.0737. The summed E-state index contributed by atoms with van der Waals surface area (Å²) in [6.45, 7) is 1.01. The minimum Gasteiger partial charge on any atom is -0.456 e. The Balaban J connectivity index is 1.37. The highest BCUT2D eigenvalue weighted by Crippen LogP contribution is 2.48. The summed E-state index contributed by atoms with van der Waals surface area (Å²) in [5.74, 6) is -2.21. The lowest BCUT2D eigenvalue weighted by Crippen LogP contribution is -2.62. The van der Waals surface area contributed by atoms with Crippen LogP contribution in [0.3, 0.4) is 0 Å². The molecule has 2 N–H and O–H groups in total. The Morgan fingerprint density at radius 3 is 2.07 bits per heavy atom. The second-order valence-electron chi connectivity index (χ2n) is 9.78. The van der Waals surface area contributed by atoms with E-state index in [2.05, 4.69) is 9.50 Å². The number of amides is 2. The Morgan fingerprint density at radius 1 is 1.02 bits per heavy atom. The monoisotopic (exact) mass is 666 g/mol. The van der Waals surface area contributed by atoms with Crippen LogP contribution in [0.2, 0.25) is 0 Å². The van der Waals surface area contributed by atoms with Crippen LogP contribution >= 0.6 is 11.8 Å². The molecule has 45 heavy (non-hydrogen) atoms. The highest BCUT2D eigenvalue weighted by molar-refractivity contribution is 8.03. The number of benzene rings is 2. The lowest BCUT2D eigenvalue weighted by atomic mass is 9.83. The van der Waals surface area contributed by atoms with Gasteiger partial charge in [-0.25, -0.2) is 13.8 Å². The molecule has 2 aliphatic rings. The molecule has 3 atom stereocenters. The lowest BCUT2D eigenvalue weighted by molar-refractivity contribution is -0.385. The molecule has 1 fully saturated rings. The van der Waals surface area contributed by atoms with Crippen molar-refractivity contribution in [2.24, 2.45) is 5.92 Å². The fourth-order valence-electron chi connectivity index (χ4n) is 4.76. The van der Waals surface area contributed by atoms with Crippen LogP contribution in [0.4, 0.5) is 16.2 Å². The van der Waals surface area contributed by atoms with Gasteiger partial charge in [-0.15, -0.1) is 11.8 Å². The number of thioether (sulfide) groups is 1. The maximum Gasteiger partial charge on any atom is 0.407 e. The van der Waals surface area contributed by atoms with E-state index in [9.17, 15) is 43.0 Å². The number of fused-ring (bicyclic) bond motifs is 1. The molecule has 2 aromatic carbocycles. The molecule has 0 unspecified atom stereocenters. The maximum atomic E-state index is 13.2. The predicted molar refractivity (Wildman–Crippen MR) is 154 cm³/mol. The summed E-state index contributed by atoms with van der Waals surface area (Å²) >= 11 is 1.15. The molecule has 0 bridgehead atoms. The van der Waals surface area contributed by atoms with Gasteiger partial charge in [-0.3, -0.25) is 29.6 Å². The fourth-order valence-corrected chi connectivity index (χ4v) is 6.32. The molecule has 0 spiro atoms. The lowest BCUT2D eigenvalue weighted by Gasteiger charge is -2.45. The van der Waals surface area contributed by atoms with Gasteiger partial charge in [-0.1, -0.05) is 0 Å². The smallest absolute Gasteiger partial charge is 0.407 e. The third kappa shape index (κ3) is 8.32. The summed E-state index contributed by atoms with van der Waals surface area (Å²) in [4.78, 5) is 60.4. The molecule has 0 aliphatic carbocycles. The van der Waals surface area contributed by atoms with Crippen LogP contribution in [-0.4, -0.2) is 70.1 Å². The van der Waals surface area contributed by atoms with Crippen LogP contribution in [0.15, 0.2) is 59.1 Å². The topological polar surface area (TPSA) is 235 Å². The molecule has 0 radical (unpaired) electrons. The van der Waals surface area contributed by atoms with Gasteiger partial charge in [0.15, 0.2) is 0 Å². The molecule has 2 aromatic rings. The van der Waals surface area contributed by atoms with Crippen LogP contribution in [0.25, 0.3) is 0 Å². The van der Waals surface area contributed by atoms with E-state index in [-0.39, 0.29) is 49.0 Å². The zero-order chi connectivity index (χ0) is 32.9. The van der Waals surface area contributed by atoms with Gasteiger partial charge in [0.25, 0.3) is 11.4 Å². The van der Waals surface area contributed by atoms with E-state index in [0.29, 0.717) is 16.0 Å². The summed E-state index contributed by atoms with van der Waals surface area (Å²) in [7, 11) is -4.84. The van der Waals surface area contributed by atoms with Gasteiger partial charge in [-0.05, 0) is 42.3 Å². The second kappa shape index (κ2) is 14.0. The zero-order valence-electron chi connectivity index (χ0n) is 23.4. The number of nitrogens with zero attached hydrogens (tertiary/aromatic N) is 3. The standard InChI is InChI=1S/C26H26N4O13S2/c1-15(43-45(38,39)40)22-20-12-21(44-11-10-27-26(33)42-14-17-4-8-19(9-5-17)30(36)37)23(28(20)24(22)31)25(32)41-13-16-2-6-18(7-3-16)29(34)35/h2-9,15,20,22H,10-14H2,1H3,(H,27,33)(H,38,39,40)/t15-,20+,22-/m0/s1. The molecule has 1 saturated heterocycles. The van der Waals surface area contributed by atoms with Gasteiger partial charge in [0.05, 0.1) is 27.9 Å². The van der Waals surface area contributed by atoms with Crippen LogP contribution in [-0.2, 0) is 46.9 Å². The molecule has 2 amide bonds. The summed E-state index contributed by atoms with van der Waals surface area (Å²) in [6, 6.07) is 10.1. The molecule has 2 heterocycles. The van der Waals surface area contributed by atoms with Crippen molar-refractivity contribution < 1.29 is 50.9 Å². The van der Waals surface area contributed by atoms with Gasteiger partial charge in [0.2, 0.25) is 5.91 Å². The Hall–Kier alpha value is -4.59. The third-order valence-electron chi connectivity index (χ3n) is 6.82. The zero-order valence-corrected chi connectivity index (χ0v) is 25.0. The van der Waals surface area contributed by atoms with E-state index in [1.807, 2.05) is 0 Å². The summed E-state index contributed by atoms with van der Waals surface area (Å²) < 4.78 is 46.5. The van der Waals surface area contributed by atoms with Gasteiger partial charge in [-0.2, -0.15) is 8.42 Å². The average molecular weight is 667 g/mol. The summed E-state index contributed by atoms with van der Waals surface area (Å²) in [5.41, 5.74) is 0.682. The Morgan fingerprint density at radius 2 is 1.56 bits per heavy atom. The number of nitro benzene ring substituents is 2. The normalized spacial score (nSPS) is 18.1. The van der Waals surface area contributed by atoms with Gasteiger partial charge in [0.1, 0.15) is 18.9 Å². The molecule has 19 heteroatoms. The van der Waals surface area contributed by atoms with Gasteiger partial charge < -0.3 is 19.7 Å². The second-order valence-corrected chi connectivity index (χ2v) is 12.0. The van der Waals surface area contributed by atoms with Gasteiger partial charge >= 0.3 is 22.5 Å².